The molecule has 0 fully saturated rings. The molecule has 1 amide bonds. The molecule has 0 saturated heterocycles. The largest absolute Gasteiger partial charge is 0.453 e. The summed E-state index contributed by atoms with van der Waals surface area (Å²) in [6.45, 7) is 5.38. The Hall–Kier alpha value is -3.61. The number of aliphatic imine (C=N–C) groups is 1. The zero-order chi connectivity index (χ0) is 20.6. The third-order valence-electron chi connectivity index (χ3n) is 4.30. The van der Waals surface area contributed by atoms with Crippen LogP contribution < -0.4 is 5.32 Å². The van der Waals surface area contributed by atoms with Crippen molar-refractivity contribution in [2.24, 2.45) is 4.99 Å². The van der Waals surface area contributed by atoms with Gasteiger partial charge in [-0.2, -0.15) is 0 Å². The summed E-state index contributed by atoms with van der Waals surface area (Å²) >= 11 is 0. The fraction of sp³-hybridized carbons (Fsp3) is 0.227. The summed E-state index contributed by atoms with van der Waals surface area (Å²) in [4.78, 5) is 32.1. The average Bonchev–Trinajstić information content (AvgIpc) is 3.21. The van der Waals surface area contributed by atoms with E-state index in [1.807, 2.05) is 24.3 Å². The first-order valence-electron chi connectivity index (χ1n) is 9.28. The Morgan fingerprint density at radius 1 is 1.21 bits per heavy atom. The van der Waals surface area contributed by atoms with Crippen molar-refractivity contribution in [3.63, 3.8) is 0 Å². The first-order valence-corrected chi connectivity index (χ1v) is 9.28. The van der Waals surface area contributed by atoms with Crippen molar-refractivity contribution in [2.75, 3.05) is 0 Å². The molecule has 3 aromatic rings. The maximum Gasteiger partial charge on any atom is 0.413 e. The minimum absolute atomic E-state index is 0.223. The smallest absolute Gasteiger partial charge is 0.413 e. The number of carbonyl (C=O) groups is 2. The molecule has 3 heterocycles. The van der Waals surface area contributed by atoms with Gasteiger partial charge in [0.2, 0.25) is 5.78 Å². The van der Waals surface area contributed by atoms with Crippen molar-refractivity contribution in [1.82, 2.24) is 10.3 Å². The molecule has 0 saturated carbocycles. The van der Waals surface area contributed by atoms with Crippen molar-refractivity contribution < 1.29 is 18.7 Å². The van der Waals surface area contributed by atoms with Crippen LogP contribution in [0.2, 0.25) is 0 Å². The Balaban J connectivity index is 1.50. The lowest BCUT2D eigenvalue weighted by atomic mass is 10.1. The quantitative estimate of drug-likeness (QED) is 0.649. The summed E-state index contributed by atoms with van der Waals surface area (Å²) in [6, 6.07) is 11.0. The number of ketones is 1. The van der Waals surface area contributed by atoms with Gasteiger partial charge in [0.15, 0.2) is 5.76 Å². The molecule has 1 aliphatic heterocycles. The SMILES string of the molecule is CC(C)(C)OC(=O)NC1=CCc2cc(C(=O)c3cc4ccccc4o3)[nH]c2C=N1. The highest BCUT2D eigenvalue weighted by molar-refractivity contribution is 6.08. The van der Waals surface area contributed by atoms with Gasteiger partial charge in [0, 0.05) is 5.39 Å². The molecule has 0 aliphatic carbocycles. The zero-order valence-corrected chi connectivity index (χ0v) is 16.4. The van der Waals surface area contributed by atoms with Gasteiger partial charge in [0.05, 0.1) is 17.6 Å². The van der Waals surface area contributed by atoms with Crippen LogP contribution in [0.1, 0.15) is 48.3 Å². The second-order valence-corrected chi connectivity index (χ2v) is 7.78. The number of fused-ring (bicyclic) bond motifs is 2. The number of amides is 1. The van der Waals surface area contributed by atoms with Gasteiger partial charge in [-0.15, -0.1) is 0 Å². The molecule has 0 unspecified atom stereocenters. The zero-order valence-electron chi connectivity index (χ0n) is 16.4. The fourth-order valence-corrected chi connectivity index (χ4v) is 3.03. The third kappa shape index (κ3) is 4.13. The number of furan rings is 1. The molecule has 29 heavy (non-hydrogen) atoms. The standard InChI is InChI=1S/C22H21N3O4/c1-22(2,3)29-21(27)25-19-9-8-13-10-15(24-16(13)12-23-19)20(26)18-11-14-6-4-5-7-17(14)28-18/h4-7,9-12,24H,8H2,1-3H3,(H,25,27). The van der Waals surface area contributed by atoms with Crippen molar-refractivity contribution in [3.05, 3.63) is 71.0 Å². The van der Waals surface area contributed by atoms with E-state index in [1.54, 1.807) is 45.2 Å². The molecule has 0 spiro atoms. The summed E-state index contributed by atoms with van der Waals surface area (Å²) in [5.41, 5.74) is 2.12. The van der Waals surface area contributed by atoms with Gasteiger partial charge in [0.1, 0.15) is 17.0 Å². The second kappa shape index (κ2) is 7.09. The number of benzene rings is 1. The lowest BCUT2D eigenvalue weighted by Gasteiger charge is -2.19. The maximum atomic E-state index is 12.8. The molecule has 1 aromatic carbocycles. The summed E-state index contributed by atoms with van der Waals surface area (Å²) < 4.78 is 10.9. The van der Waals surface area contributed by atoms with Gasteiger partial charge >= 0.3 is 6.09 Å². The summed E-state index contributed by atoms with van der Waals surface area (Å²) in [7, 11) is 0. The number of H-pyrrole nitrogens is 1. The molecule has 1 aliphatic rings. The van der Waals surface area contributed by atoms with Crippen LogP contribution in [0.15, 0.2) is 57.7 Å². The molecule has 2 aromatic heterocycles. The van der Waals surface area contributed by atoms with E-state index in [-0.39, 0.29) is 11.5 Å². The van der Waals surface area contributed by atoms with Crippen LogP contribution in [0.4, 0.5) is 4.79 Å². The topological polar surface area (TPSA) is 96.7 Å². The fourth-order valence-electron chi connectivity index (χ4n) is 3.03. The van der Waals surface area contributed by atoms with Crippen LogP contribution >= 0.6 is 0 Å². The predicted molar refractivity (Wildman–Crippen MR) is 109 cm³/mol. The number of carbonyl (C=O) groups excluding carboxylic acids is 2. The van der Waals surface area contributed by atoms with Gasteiger partial charge in [-0.25, -0.2) is 9.79 Å². The number of hydrogen-bond donors (Lipinski definition) is 2. The Labute approximate surface area is 167 Å². The second-order valence-electron chi connectivity index (χ2n) is 7.78. The lowest BCUT2D eigenvalue weighted by molar-refractivity contribution is 0.0545. The van der Waals surface area contributed by atoms with Crippen LogP contribution in [0.3, 0.4) is 0 Å². The third-order valence-corrected chi connectivity index (χ3v) is 4.30. The molecule has 7 heteroatoms. The Bertz CT molecular complexity index is 1130. The predicted octanol–water partition coefficient (Wildman–Crippen LogP) is 4.33. The number of aromatic amines is 1. The summed E-state index contributed by atoms with van der Waals surface area (Å²) in [6.07, 6.45) is 3.30. The minimum Gasteiger partial charge on any atom is -0.453 e. The number of hydrogen-bond acceptors (Lipinski definition) is 5. The van der Waals surface area contributed by atoms with E-state index in [4.69, 9.17) is 9.15 Å². The number of aromatic nitrogens is 1. The van der Waals surface area contributed by atoms with Gasteiger partial charge in [-0.1, -0.05) is 18.2 Å². The molecular formula is C22H21N3O4. The minimum atomic E-state index is -0.588. The van der Waals surface area contributed by atoms with E-state index in [0.717, 1.165) is 10.9 Å². The molecule has 0 atom stereocenters. The summed E-state index contributed by atoms with van der Waals surface area (Å²) in [5, 5.41) is 3.51. The van der Waals surface area contributed by atoms with Gasteiger partial charge in [-0.05, 0) is 57.0 Å². The number of alkyl carbamates (subject to hydrolysis) is 1. The molecule has 2 N–H and O–H groups in total. The molecule has 148 valence electrons. The van der Waals surface area contributed by atoms with Gasteiger partial charge in [0.25, 0.3) is 0 Å². The van der Waals surface area contributed by atoms with E-state index in [1.165, 1.54) is 0 Å². The van der Waals surface area contributed by atoms with Crippen LogP contribution in [-0.2, 0) is 11.2 Å². The number of nitrogens with zero attached hydrogens (tertiary/aromatic N) is 1. The molecular weight excluding hydrogens is 370 g/mol. The van der Waals surface area contributed by atoms with Crippen LogP contribution in [0, 0.1) is 0 Å². The van der Waals surface area contributed by atoms with Crippen molar-refractivity contribution in [3.8, 4) is 0 Å². The molecule has 0 radical (unpaired) electrons. The molecule has 4 rings (SSSR count). The van der Waals surface area contributed by atoms with Gasteiger partial charge in [-0.3, -0.25) is 10.1 Å². The number of allylic oxidation sites excluding steroid dienone is 1. The maximum absolute atomic E-state index is 12.8. The molecule has 0 bridgehead atoms. The summed E-state index contributed by atoms with van der Waals surface area (Å²) in [5.74, 6) is 0.454. The van der Waals surface area contributed by atoms with Crippen molar-refractivity contribution in [2.45, 2.75) is 32.8 Å². The highest BCUT2D eigenvalue weighted by Gasteiger charge is 2.20. The van der Waals surface area contributed by atoms with Gasteiger partial charge < -0.3 is 14.1 Å². The monoisotopic (exact) mass is 391 g/mol. The number of nitrogens with one attached hydrogen (secondary N) is 2. The van der Waals surface area contributed by atoms with E-state index in [0.29, 0.717) is 29.2 Å². The van der Waals surface area contributed by atoms with Crippen LogP contribution in [-0.4, -0.2) is 28.7 Å². The van der Waals surface area contributed by atoms with E-state index >= 15 is 0 Å². The molecule has 7 nitrogen and oxygen atoms in total. The first kappa shape index (κ1) is 18.7. The number of ether oxygens (including phenoxy) is 1. The van der Waals surface area contributed by atoms with E-state index in [2.05, 4.69) is 15.3 Å². The lowest BCUT2D eigenvalue weighted by Crippen LogP contribution is -2.31. The van der Waals surface area contributed by atoms with E-state index in [9.17, 15) is 9.59 Å². The number of rotatable bonds is 3. The highest BCUT2D eigenvalue weighted by atomic mass is 16.6. The highest BCUT2D eigenvalue weighted by Crippen LogP contribution is 2.23. The Morgan fingerprint density at radius 3 is 2.76 bits per heavy atom. The Kier molecular flexibility index (Phi) is 4.58. The van der Waals surface area contributed by atoms with Crippen LogP contribution in [0.25, 0.3) is 11.0 Å². The Morgan fingerprint density at radius 2 is 2.00 bits per heavy atom. The van der Waals surface area contributed by atoms with E-state index < -0.39 is 11.7 Å². The average molecular weight is 391 g/mol. The van der Waals surface area contributed by atoms with Crippen LogP contribution in [0.5, 0.6) is 0 Å². The number of para-hydroxylation sites is 1. The normalized spacial score (nSPS) is 13.6. The first-order chi connectivity index (χ1) is 13.8. The van der Waals surface area contributed by atoms with Crippen molar-refractivity contribution >= 4 is 29.1 Å². The van der Waals surface area contributed by atoms with Crippen molar-refractivity contribution in [1.29, 1.82) is 0 Å².